The summed E-state index contributed by atoms with van der Waals surface area (Å²) < 4.78 is 38.6. The Hall–Kier alpha value is -2.43. The van der Waals surface area contributed by atoms with Gasteiger partial charge in [-0.2, -0.15) is 13.2 Å². The molecule has 0 aliphatic carbocycles. The highest BCUT2D eigenvalue weighted by molar-refractivity contribution is 6.48. The number of ketones is 1. The average Bonchev–Trinajstić information content (AvgIpc) is 2.46. The van der Waals surface area contributed by atoms with E-state index in [0.29, 0.717) is 16.8 Å². The summed E-state index contributed by atoms with van der Waals surface area (Å²) in [4.78, 5) is 15.8. The number of halogens is 3. The van der Waals surface area contributed by atoms with Crippen LogP contribution in [0.5, 0.6) is 0 Å². The van der Waals surface area contributed by atoms with Crippen molar-refractivity contribution in [2.45, 2.75) is 20.0 Å². The van der Waals surface area contributed by atoms with Gasteiger partial charge in [-0.25, -0.2) is 4.99 Å². The topological polar surface area (TPSA) is 29.4 Å². The number of rotatable bonds is 3. The number of para-hydroxylation sites is 1. The summed E-state index contributed by atoms with van der Waals surface area (Å²) in [5.41, 5.74) is 1.36. The molecule has 0 fully saturated rings. The first kappa shape index (κ1) is 15.9. The molecule has 0 N–H and O–H groups in total. The summed E-state index contributed by atoms with van der Waals surface area (Å²) in [6, 6.07) is 13.0. The monoisotopic (exact) mass is 305 g/mol. The Kier molecular flexibility index (Phi) is 4.45. The van der Waals surface area contributed by atoms with Crippen LogP contribution in [-0.4, -0.2) is 17.7 Å². The highest BCUT2D eigenvalue weighted by atomic mass is 19.4. The van der Waals surface area contributed by atoms with Crippen molar-refractivity contribution >= 4 is 17.2 Å². The zero-order chi connectivity index (χ0) is 16.3. The van der Waals surface area contributed by atoms with Crippen LogP contribution in [0.25, 0.3) is 0 Å². The molecule has 0 unspecified atom stereocenters. The summed E-state index contributed by atoms with van der Waals surface area (Å²) in [5.74, 6) is -1.94. The largest absolute Gasteiger partial charge is 0.456 e. The smallest absolute Gasteiger partial charge is 0.282 e. The van der Waals surface area contributed by atoms with E-state index >= 15 is 0 Å². The van der Waals surface area contributed by atoms with Crippen LogP contribution in [-0.2, 0) is 4.79 Å². The van der Waals surface area contributed by atoms with Crippen molar-refractivity contribution in [3.63, 3.8) is 0 Å². The summed E-state index contributed by atoms with van der Waals surface area (Å²) in [5, 5.41) is 0. The highest BCUT2D eigenvalue weighted by Gasteiger charge is 2.42. The fraction of sp³-hybridized carbons (Fsp3) is 0.176. The molecule has 0 aliphatic rings. The lowest BCUT2D eigenvalue weighted by atomic mass is 10.0. The van der Waals surface area contributed by atoms with Gasteiger partial charge in [-0.15, -0.1) is 0 Å². The van der Waals surface area contributed by atoms with E-state index in [0.717, 1.165) is 0 Å². The second kappa shape index (κ2) is 6.13. The minimum absolute atomic E-state index is 0.146. The van der Waals surface area contributed by atoms with Gasteiger partial charge in [0.05, 0.1) is 5.69 Å². The second-order valence-electron chi connectivity index (χ2n) is 4.89. The van der Waals surface area contributed by atoms with Gasteiger partial charge in [-0.05, 0) is 25.0 Å². The number of carbonyl (C=O) groups is 1. The van der Waals surface area contributed by atoms with E-state index in [2.05, 4.69) is 4.99 Å². The maximum absolute atomic E-state index is 12.9. The molecule has 0 amide bonds. The maximum Gasteiger partial charge on any atom is 0.456 e. The van der Waals surface area contributed by atoms with Gasteiger partial charge in [-0.1, -0.05) is 48.5 Å². The summed E-state index contributed by atoms with van der Waals surface area (Å²) >= 11 is 0. The van der Waals surface area contributed by atoms with Crippen LogP contribution >= 0.6 is 0 Å². The van der Waals surface area contributed by atoms with E-state index in [1.54, 1.807) is 50.2 Å². The van der Waals surface area contributed by atoms with E-state index in [4.69, 9.17) is 0 Å². The zero-order valence-corrected chi connectivity index (χ0v) is 12.1. The van der Waals surface area contributed by atoms with Crippen molar-refractivity contribution in [3.05, 3.63) is 65.2 Å². The lowest BCUT2D eigenvalue weighted by Crippen LogP contribution is -2.31. The van der Waals surface area contributed by atoms with Crippen LogP contribution in [0.2, 0.25) is 0 Å². The average molecular weight is 305 g/mol. The Balaban J connectivity index is 2.64. The van der Waals surface area contributed by atoms with Gasteiger partial charge in [-0.3, -0.25) is 4.79 Å². The first-order valence-electron chi connectivity index (χ1n) is 6.62. The van der Waals surface area contributed by atoms with E-state index in [1.165, 1.54) is 12.1 Å². The lowest BCUT2D eigenvalue weighted by Gasteiger charge is -2.11. The van der Waals surface area contributed by atoms with Crippen LogP contribution in [0.4, 0.5) is 18.9 Å². The minimum Gasteiger partial charge on any atom is -0.282 e. The van der Waals surface area contributed by atoms with E-state index < -0.39 is 17.7 Å². The number of aliphatic imine (C=N–C) groups is 1. The molecule has 0 bridgehead atoms. The van der Waals surface area contributed by atoms with E-state index in [-0.39, 0.29) is 5.56 Å². The standard InChI is InChI=1S/C17H14F3NO/c1-11-7-6-8-12(2)14(11)21-15(16(22)17(18,19)20)13-9-4-3-5-10-13/h3-10H,1-2H3. The van der Waals surface area contributed by atoms with E-state index in [1.807, 2.05) is 0 Å². The number of alkyl halides is 3. The van der Waals surface area contributed by atoms with Crippen molar-refractivity contribution in [2.24, 2.45) is 4.99 Å². The number of hydrogen-bond donors (Lipinski definition) is 0. The predicted octanol–water partition coefficient (Wildman–Crippen LogP) is 4.56. The third-order valence-corrected chi connectivity index (χ3v) is 3.18. The van der Waals surface area contributed by atoms with Gasteiger partial charge in [0.2, 0.25) is 0 Å². The number of carbonyl (C=O) groups excluding carboxylic acids is 1. The first-order valence-corrected chi connectivity index (χ1v) is 6.62. The molecule has 0 atom stereocenters. The Morgan fingerprint density at radius 2 is 1.45 bits per heavy atom. The third kappa shape index (κ3) is 3.42. The molecule has 0 aromatic heterocycles. The Labute approximate surface area is 126 Å². The molecular weight excluding hydrogens is 291 g/mol. The summed E-state index contributed by atoms with van der Waals surface area (Å²) in [6.07, 6.45) is -4.97. The Bertz CT molecular complexity index is 698. The molecule has 0 saturated heterocycles. The molecule has 2 aromatic carbocycles. The molecule has 0 heterocycles. The second-order valence-corrected chi connectivity index (χ2v) is 4.89. The van der Waals surface area contributed by atoms with Crippen molar-refractivity contribution in [1.82, 2.24) is 0 Å². The summed E-state index contributed by atoms with van der Waals surface area (Å²) in [6.45, 7) is 3.49. The number of aryl methyl sites for hydroxylation is 2. The predicted molar refractivity (Wildman–Crippen MR) is 79.6 cm³/mol. The van der Waals surface area contributed by atoms with Gasteiger partial charge in [0.1, 0.15) is 5.71 Å². The van der Waals surface area contributed by atoms with Crippen molar-refractivity contribution in [1.29, 1.82) is 0 Å². The Morgan fingerprint density at radius 3 is 1.95 bits per heavy atom. The van der Waals surface area contributed by atoms with Crippen LogP contribution in [0.1, 0.15) is 16.7 Å². The third-order valence-electron chi connectivity index (χ3n) is 3.18. The van der Waals surface area contributed by atoms with Crippen LogP contribution < -0.4 is 0 Å². The van der Waals surface area contributed by atoms with E-state index in [9.17, 15) is 18.0 Å². The molecular formula is C17H14F3NO. The fourth-order valence-electron chi connectivity index (χ4n) is 2.07. The number of hydrogen-bond acceptors (Lipinski definition) is 2. The van der Waals surface area contributed by atoms with Crippen LogP contribution in [0, 0.1) is 13.8 Å². The molecule has 2 nitrogen and oxygen atoms in total. The minimum atomic E-state index is -4.97. The fourth-order valence-corrected chi connectivity index (χ4v) is 2.07. The summed E-state index contributed by atoms with van der Waals surface area (Å²) in [7, 11) is 0. The van der Waals surface area contributed by atoms with Crippen molar-refractivity contribution in [3.8, 4) is 0 Å². The van der Waals surface area contributed by atoms with Crippen molar-refractivity contribution in [2.75, 3.05) is 0 Å². The molecule has 2 rings (SSSR count). The van der Waals surface area contributed by atoms with Gasteiger partial charge in [0.25, 0.3) is 5.78 Å². The SMILES string of the molecule is Cc1cccc(C)c1N=C(C(=O)C(F)(F)F)c1ccccc1. The normalized spacial score (nSPS) is 12.3. The van der Waals surface area contributed by atoms with Crippen molar-refractivity contribution < 1.29 is 18.0 Å². The molecule has 22 heavy (non-hydrogen) atoms. The van der Waals surface area contributed by atoms with Crippen LogP contribution in [0.3, 0.4) is 0 Å². The molecule has 2 aromatic rings. The van der Waals surface area contributed by atoms with Gasteiger partial charge in [0, 0.05) is 5.56 Å². The van der Waals surface area contributed by atoms with Gasteiger partial charge < -0.3 is 0 Å². The molecule has 0 aliphatic heterocycles. The molecule has 0 radical (unpaired) electrons. The number of benzene rings is 2. The van der Waals surface area contributed by atoms with Gasteiger partial charge in [0.15, 0.2) is 0 Å². The first-order chi connectivity index (χ1) is 10.3. The maximum atomic E-state index is 12.9. The Morgan fingerprint density at radius 1 is 0.909 bits per heavy atom. The van der Waals surface area contributed by atoms with Gasteiger partial charge >= 0.3 is 6.18 Å². The quantitative estimate of drug-likeness (QED) is 0.765. The number of nitrogens with zero attached hydrogens (tertiary/aromatic N) is 1. The number of Topliss-reactive ketones (excluding diaryl/α,β-unsaturated/α-hetero) is 1. The lowest BCUT2D eigenvalue weighted by molar-refractivity contribution is -0.163. The molecule has 5 heteroatoms. The zero-order valence-electron chi connectivity index (χ0n) is 12.1. The van der Waals surface area contributed by atoms with Crippen LogP contribution in [0.15, 0.2) is 53.5 Å². The molecule has 0 saturated carbocycles. The highest BCUT2D eigenvalue weighted by Crippen LogP contribution is 2.27. The molecule has 114 valence electrons. The molecule has 0 spiro atoms.